The van der Waals surface area contributed by atoms with E-state index in [1.54, 1.807) is 17.0 Å². The zero-order valence-corrected chi connectivity index (χ0v) is 10.1. The monoisotopic (exact) mass is 244 g/mol. The average Bonchev–Trinajstić information content (AvgIpc) is 2.89. The topological polar surface area (TPSA) is 64.3 Å². The molecular weight excluding hydrogens is 228 g/mol. The lowest BCUT2D eigenvalue weighted by atomic mass is 9.99. The minimum atomic E-state index is -0.733. The molecule has 0 bridgehead atoms. The van der Waals surface area contributed by atoms with Crippen molar-refractivity contribution < 1.29 is 9.90 Å². The van der Waals surface area contributed by atoms with Gasteiger partial charge in [-0.2, -0.15) is 5.26 Å². The Morgan fingerprint density at radius 1 is 1.50 bits per heavy atom. The third-order valence-corrected chi connectivity index (χ3v) is 3.36. The van der Waals surface area contributed by atoms with Crippen LogP contribution in [0, 0.1) is 17.2 Å². The van der Waals surface area contributed by atoms with Gasteiger partial charge in [0.1, 0.15) is 5.92 Å². The molecule has 1 aliphatic rings. The zero-order chi connectivity index (χ0) is 13.0. The third-order valence-electron chi connectivity index (χ3n) is 3.36. The Morgan fingerprint density at radius 2 is 2.22 bits per heavy atom. The van der Waals surface area contributed by atoms with Gasteiger partial charge in [-0.1, -0.05) is 30.3 Å². The van der Waals surface area contributed by atoms with E-state index in [4.69, 9.17) is 5.11 Å². The number of rotatable bonds is 3. The molecule has 0 aliphatic carbocycles. The normalized spacial score (nSPS) is 20.4. The van der Waals surface area contributed by atoms with Crippen LogP contribution in [0.1, 0.15) is 17.9 Å². The maximum Gasteiger partial charge on any atom is 0.244 e. The second kappa shape index (κ2) is 5.65. The van der Waals surface area contributed by atoms with E-state index in [2.05, 4.69) is 6.07 Å². The number of likely N-dealkylation sites (tertiary alicyclic amines) is 1. The lowest BCUT2D eigenvalue weighted by Gasteiger charge is -2.19. The first kappa shape index (κ1) is 12.6. The minimum Gasteiger partial charge on any atom is -0.396 e. The number of nitriles is 1. The van der Waals surface area contributed by atoms with Crippen LogP contribution in [0.5, 0.6) is 0 Å². The van der Waals surface area contributed by atoms with Crippen LogP contribution >= 0.6 is 0 Å². The Labute approximate surface area is 106 Å². The van der Waals surface area contributed by atoms with Crippen LogP contribution < -0.4 is 0 Å². The predicted molar refractivity (Wildman–Crippen MR) is 66.6 cm³/mol. The van der Waals surface area contributed by atoms with Crippen molar-refractivity contribution in [3.8, 4) is 6.07 Å². The molecule has 1 aromatic carbocycles. The SMILES string of the molecule is N#CC(C(=O)N1CCC(CO)C1)c1ccccc1. The fourth-order valence-corrected chi connectivity index (χ4v) is 2.28. The molecule has 0 spiro atoms. The van der Waals surface area contributed by atoms with Gasteiger partial charge in [-0.3, -0.25) is 4.79 Å². The molecule has 1 aromatic rings. The van der Waals surface area contributed by atoms with Crippen LogP contribution in [0.2, 0.25) is 0 Å². The van der Waals surface area contributed by atoms with Crippen molar-refractivity contribution in [1.82, 2.24) is 4.90 Å². The highest BCUT2D eigenvalue weighted by molar-refractivity contribution is 5.86. The van der Waals surface area contributed by atoms with E-state index in [0.29, 0.717) is 13.1 Å². The molecule has 94 valence electrons. The van der Waals surface area contributed by atoms with Crippen molar-refractivity contribution in [3.63, 3.8) is 0 Å². The van der Waals surface area contributed by atoms with Gasteiger partial charge in [0.15, 0.2) is 0 Å². The van der Waals surface area contributed by atoms with Crippen LogP contribution in [-0.2, 0) is 4.79 Å². The maximum absolute atomic E-state index is 12.3. The summed E-state index contributed by atoms with van der Waals surface area (Å²) in [5, 5.41) is 18.3. The van der Waals surface area contributed by atoms with Crippen molar-refractivity contribution in [2.75, 3.05) is 19.7 Å². The third kappa shape index (κ3) is 2.52. The number of aliphatic hydroxyl groups excluding tert-OH is 1. The molecule has 4 nitrogen and oxygen atoms in total. The summed E-state index contributed by atoms with van der Waals surface area (Å²) < 4.78 is 0. The second-order valence-electron chi connectivity index (χ2n) is 4.59. The van der Waals surface area contributed by atoms with Gasteiger partial charge in [0, 0.05) is 25.6 Å². The number of hydrogen-bond donors (Lipinski definition) is 1. The molecule has 18 heavy (non-hydrogen) atoms. The standard InChI is InChI=1S/C14H16N2O2/c15-8-13(12-4-2-1-3-5-12)14(18)16-7-6-11(9-16)10-17/h1-5,11,13,17H,6-7,9-10H2. The van der Waals surface area contributed by atoms with Crippen molar-refractivity contribution in [3.05, 3.63) is 35.9 Å². The number of benzene rings is 1. The lowest BCUT2D eigenvalue weighted by Crippen LogP contribution is -2.33. The highest BCUT2D eigenvalue weighted by atomic mass is 16.3. The van der Waals surface area contributed by atoms with Gasteiger partial charge in [0.2, 0.25) is 5.91 Å². The van der Waals surface area contributed by atoms with Crippen LogP contribution in [0.15, 0.2) is 30.3 Å². The molecule has 1 saturated heterocycles. The smallest absolute Gasteiger partial charge is 0.244 e. The largest absolute Gasteiger partial charge is 0.396 e. The van der Waals surface area contributed by atoms with E-state index in [1.807, 2.05) is 18.2 Å². The van der Waals surface area contributed by atoms with Crippen LogP contribution in [0.3, 0.4) is 0 Å². The Morgan fingerprint density at radius 3 is 2.78 bits per heavy atom. The highest BCUT2D eigenvalue weighted by Crippen LogP contribution is 2.22. The summed E-state index contributed by atoms with van der Waals surface area (Å²) in [6.07, 6.45) is 0.815. The lowest BCUT2D eigenvalue weighted by molar-refractivity contribution is -0.130. The number of aliphatic hydroxyl groups is 1. The molecular formula is C14H16N2O2. The summed E-state index contributed by atoms with van der Waals surface area (Å²) in [4.78, 5) is 13.9. The van der Waals surface area contributed by atoms with E-state index < -0.39 is 5.92 Å². The Hall–Kier alpha value is -1.86. The fraction of sp³-hybridized carbons (Fsp3) is 0.429. The summed E-state index contributed by atoms with van der Waals surface area (Å²) in [6.45, 7) is 1.29. The summed E-state index contributed by atoms with van der Waals surface area (Å²) in [6, 6.07) is 11.2. The van der Waals surface area contributed by atoms with Crippen molar-refractivity contribution in [2.24, 2.45) is 5.92 Å². The average molecular weight is 244 g/mol. The number of hydrogen-bond acceptors (Lipinski definition) is 3. The summed E-state index contributed by atoms with van der Waals surface area (Å²) in [5.74, 6) is -0.729. The quantitative estimate of drug-likeness (QED) is 0.867. The van der Waals surface area contributed by atoms with Crippen molar-refractivity contribution in [1.29, 1.82) is 5.26 Å². The Kier molecular flexibility index (Phi) is 3.96. The first-order chi connectivity index (χ1) is 8.76. The molecule has 2 atom stereocenters. The van der Waals surface area contributed by atoms with E-state index in [1.165, 1.54) is 0 Å². The van der Waals surface area contributed by atoms with Gasteiger partial charge >= 0.3 is 0 Å². The molecule has 0 saturated carbocycles. The zero-order valence-electron chi connectivity index (χ0n) is 10.1. The maximum atomic E-state index is 12.3. The Balaban J connectivity index is 2.10. The first-order valence-electron chi connectivity index (χ1n) is 6.10. The number of amides is 1. The number of nitrogens with zero attached hydrogens (tertiary/aromatic N) is 2. The van der Waals surface area contributed by atoms with Gasteiger partial charge in [-0.05, 0) is 12.0 Å². The van der Waals surface area contributed by atoms with Gasteiger partial charge in [0.05, 0.1) is 6.07 Å². The minimum absolute atomic E-state index is 0.104. The highest BCUT2D eigenvalue weighted by Gasteiger charge is 2.31. The molecule has 1 amide bonds. The predicted octanol–water partition coefficient (Wildman–Crippen LogP) is 1.13. The van der Waals surface area contributed by atoms with Gasteiger partial charge in [0.25, 0.3) is 0 Å². The fourth-order valence-electron chi connectivity index (χ4n) is 2.28. The van der Waals surface area contributed by atoms with Gasteiger partial charge in [-0.15, -0.1) is 0 Å². The van der Waals surface area contributed by atoms with Crippen molar-refractivity contribution in [2.45, 2.75) is 12.3 Å². The van der Waals surface area contributed by atoms with Gasteiger partial charge in [-0.25, -0.2) is 0 Å². The van der Waals surface area contributed by atoms with Crippen LogP contribution in [0.4, 0.5) is 0 Å². The van der Waals surface area contributed by atoms with Gasteiger partial charge < -0.3 is 10.0 Å². The van der Waals surface area contributed by atoms with E-state index >= 15 is 0 Å². The van der Waals surface area contributed by atoms with Crippen molar-refractivity contribution >= 4 is 5.91 Å². The molecule has 1 aliphatic heterocycles. The number of carbonyl (C=O) groups excluding carboxylic acids is 1. The van der Waals surface area contributed by atoms with Crippen LogP contribution in [0.25, 0.3) is 0 Å². The Bertz CT molecular complexity index is 453. The molecule has 2 rings (SSSR count). The first-order valence-corrected chi connectivity index (χ1v) is 6.10. The molecule has 1 heterocycles. The molecule has 0 radical (unpaired) electrons. The molecule has 0 aromatic heterocycles. The summed E-state index contributed by atoms with van der Waals surface area (Å²) in [7, 11) is 0. The molecule has 1 N–H and O–H groups in total. The van der Waals surface area contributed by atoms with E-state index in [9.17, 15) is 10.1 Å². The number of carbonyl (C=O) groups is 1. The molecule has 2 unspecified atom stereocenters. The summed E-state index contributed by atoms with van der Waals surface area (Å²) >= 11 is 0. The van der Waals surface area contributed by atoms with E-state index in [-0.39, 0.29) is 18.4 Å². The van der Waals surface area contributed by atoms with E-state index in [0.717, 1.165) is 12.0 Å². The molecule has 4 heteroatoms. The second-order valence-corrected chi connectivity index (χ2v) is 4.59. The van der Waals surface area contributed by atoms with Crippen LogP contribution in [-0.4, -0.2) is 35.6 Å². The molecule has 1 fully saturated rings. The summed E-state index contributed by atoms with van der Waals surface area (Å²) in [5.41, 5.74) is 0.734.